The molecule has 1 unspecified atom stereocenters. The minimum absolute atomic E-state index is 0.00412. The Morgan fingerprint density at radius 2 is 2.12 bits per heavy atom. The van der Waals surface area contributed by atoms with E-state index < -0.39 is 0 Å². The molecule has 0 saturated heterocycles. The zero-order valence-corrected chi connectivity index (χ0v) is 10.4. The lowest BCUT2D eigenvalue weighted by Crippen LogP contribution is -2.35. The fraction of sp³-hybridized carbons (Fsp3) is 0.462. The number of anilines is 1. The van der Waals surface area contributed by atoms with Crippen LogP contribution in [0, 0.1) is 6.92 Å². The summed E-state index contributed by atoms with van der Waals surface area (Å²) in [7, 11) is 1.82. The van der Waals surface area contributed by atoms with E-state index in [9.17, 15) is 4.79 Å². The first-order valence-electron chi connectivity index (χ1n) is 5.60. The van der Waals surface area contributed by atoms with Crippen LogP contribution in [0.1, 0.15) is 36.2 Å². The second-order valence-corrected chi connectivity index (χ2v) is 4.26. The lowest BCUT2D eigenvalue weighted by atomic mass is 10.1. The van der Waals surface area contributed by atoms with Crippen LogP contribution in [-0.4, -0.2) is 23.9 Å². The molecular formula is C13H20N2O. The van der Waals surface area contributed by atoms with E-state index in [1.54, 1.807) is 11.0 Å². The molecule has 0 aliphatic rings. The monoisotopic (exact) mass is 220 g/mol. The number of rotatable bonds is 3. The third kappa shape index (κ3) is 2.54. The Bertz CT molecular complexity index is 388. The molecule has 16 heavy (non-hydrogen) atoms. The fourth-order valence-electron chi connectivity index (χ4n) is 1.52. The average molecular weight is 220 g/mol. The summed E-state index contributed by atoms with van der Waals surface area (Å²) >= 11 is 0. The molecule has 1 amide bonds. The number of hydrogen-bond donors (Lipinski definition) is 1. The van der Waals surface area contributed by atoms with Gasteiger partial charge in [0.05, 0.1) is 5.56 Å². The highest BCUT2D eigenvalue weighted by Gasteiger charge is 2.18. The molecule has 0 saturated carbocycles. The number of amides is 1. The molecule has 1 atom stereocenters. The van der Waals surface area contributed by atoms with Crippen LogP contribution >= 0.6 is 0 Å². The number of nitrogen functional groups attached to an aromatic ring is 1. The Kier molecular flexibility index (Phi) is 3.93. The zero-order chi connectivity index (χ0) is 12.3. The number of nitrogens with zero attached hydrogens (tertiary/aromatic N) is 1. The van der Waals surface area contributed by atoms with Crippen LogP contribution in [0.2, 0.25) is 0 Å². The number of aryl methyl sites for hydroxylation is 1. The van der Waals surface area contributed by atoms with E-state index in [1.807, 2.05) is 33.0 Å². The number of carbonyl (C=O) groups excluding carboxylic acids is 1. The van der Waals surface area contributed by atoms with Gasteiger partial charge < -0.3 is 10.6 Å². The number of hydrogen-bond acceptors (Lipinski definition) is 2. The van der Waals surface area contributed by atoms with Gasteiger partial charge in [0.15, 0.2) is 0 Å². The largest absolute Gasteiger partial charge is 0.398 e. The molecule has 0 aliphatic heterocycles. The van der Waals surface area contributed by atoms with Gasteiger partial charge >= 0.3 is 0 Å². The van der Waals surface area contributed by atoms with Crippen molar-refractivity contribution >= 4 is 11.6 Å². The van der Waals surface area contributed by atoms with Crippen molar-refractivity contribution in [2.75, 3.05) is 12.8 Å². The van der Waals surface area contributed by atoms with Crippen molar-refractivity contribution in [3.63, 3.8) is 0 Å². The predicted octanol–water partition coefficient (Wildman–Crippen LogP) is 2.45. The molecular weight excluding hydrogens is 200 g/mol. The Morgan fingerprint density at radius 3 is 2.69 bits per heavy atom. The Balaban J connectivity index is 3.00. The van der Waals surface area contributed by atoms with Crippen molar-refractivity contribution in [2.45, 2.75) is 33.2 Å². The molecule has 0 fully saturated rings. The topological polar surface area (TPSA) is 46.3 Å². The molecule has 1 rings (SSSR count). The van der Waals surface area contributed by atoms with E-state index >= 15 is 0 Å². The third-order valence-electron chi connectivity index (χ3n) is 3.01. The normalized spacial score (nSPS) is 12.2. The lowest BCUT2D eigenvalue weighted by Gasteiger charge is -2.24. The molecule has 2 N–H and O–H groups in total. The van der Waals surface area contributed by atoms with Gasteiger partial charge in [-0.1, -0.05) is 18.6 Å². The average Bonchev–Trinajstić information content (AvgIpc) is 2.29. The minimum Gasteiger partial charge on any atom is -0.398 e. The summed E-state index contributed by atoms with van der Waals surface area (Å²) < 4.78 is 0. The molecule has 0 heterocycles. The highest BCUT2D eigenvalue weighted by molar-refractivity contribution is 5.99. The first-order chi connectivity index (χ1) is 7.47. The van der Waals surface area contributed by atoms with Gasteiger partial charge in [-0.25, -0.2) is 0 Å². The predicted molar refractivity (Wildman–Crippen MR) is 67.4 cm³/mol. The molecule has 1 aromatic rings. The Morgan fingerprint density at radius 1 is 1.50 bits per heavy atom. The molecule has 0 spiro atoms. The van der Waals surface area contributed by atoms with Crippen LogP contribution in [0.5, 0.6) is 0 Å². The first kappa shape index (κ1) is 12.6. The summed E-state index contributed by atoms with van der Waals surface area (Å²) in [5.74, 6) is -0.00412. The van der Waals surface area contributed by atoms with Crippen LogP contribution in [0.4, 0.5) is 5.69 Å². The second kappa shape index (κ2) is 5.01. The third-order valence-corrected chi connectivity index (χ3v) is 3.01. The van der Waals surface area contributed by atoms with Crippen LogP contribution in [-0.2, 0) is 0 Å². The number of carbonyl (C=O) groups is 1. The summed E-state index contributed by atoms with van der Waals surface area (Å²) in [4.78, 5) is 13.9. The van der Waals surface area contributed by atoms with E-state index in [0.717, 1.165) is 12.0 Å². The Hall–Kier alpha value is -1.51. The first-order valence-corrected chi connectivity index (χ1v) is 5.60. The van der Waals surface area contributed by atoms with E-state index in [4.69, 9.17) is 5.73 Å². The van der Waals surface area contributed by atoms with Crippen LogP contribution in [0.25, 0.3) is 0 Å². The SMILES string of the molecule is CCC(C)N(C)C(=O)c1cc(C)ccc1N. The van der Waals surface area contributed by atoms with Gasteiger partial charge in [-0.3, -0.25) is 4.79 Å². The summed E-state index contributed by atoms with van der Waals surface area (Å²) in [5.41, 5.74) is 8.02. The van der Waals surface area contributed by atoms with Crippen LogP contribution in [0.15, 0.2) is 18.2 Å². The summed E-state index contributed by atoms with van der Waals surface area (Å²) in [6.45, 7) is 6.05. The molecule has 3 heteroatoms. The maximum absolute atomic E-state index is 12.2. The quantitative estimate of drug-likeness (QED) is 0.795. The standard InChI is InChI=1S/C13H20N2O/c1-5-10(3)15(4)13(16)11-8-9(2)6-7-12(11)14/h6-8,10H,5,14H2,1-4H3. The highest BCUT2D eigenvalue weighted by Crippen LogP contribution is 2.17. The lowest BCUT2D eigenvalue weighted by molar-refractivity contribution is 0.0741. The zero-order valence-electron chi connectivity index (χ0n) is 10.4. The molecule has 1 aromatic carbocycles. The van der Waals surface area contributed by atoms with Gasteiger partial charge in [0.25, 0.3) is 5.91 Å². The van der Waals surface area contributed by atoms with Gasteiger partial charge in [0, 0.05) is 18.8 Å². The van der Waals surface area contributed by atoms with Gasteiger partial charge in [-0.15, -0.1) is 0 Å². The van der Waals surface area contributed by atoms with E-state index in [2.05, 4.69) is 6.92 Å². The molecule has 0 aliphatic carbocycles. The van der Waals surface area contributed by atoms with Gasteiger partial charge in [0.2, 0.25) is 0 Å². The van der Waals surface area contributed by atoms with E-state index in [0.29, 0.717) is 11.3 Å². The van der Waals surface area contributed by atoms with Crippen LogP contribution < -0.4 is 5.73 Å². The molecule has 0 radical (unpaired) electrons. The summed E-state index contributed by atoms with van der Waals surface area (Å²) in [6.07, 6.45) is 0.938. The fourth-order valence-corrected chi connectivity index (χ4v) is 1.52. The van der Waals surface area contributed by atoms with Gasteiger partial charge in [0.1, 0.15) is 0 Å². The van der Waals surface area contributed by atoms with Crippen molar-refractivity contribution in [3.8, 4) is 0 Å². The molecule has 0 bridgehead atoms. The van der Waals surface area contributed by atoms with Crippen molar-refractivity contribution < 1.29 is 4.79 Å². The minimum atomic E-state index is -0.00412. The van der Waals surface area contributed by atoms with Gasteiger partial charge in [-0.2, -0.15) is 0 Å². The second-order valence-electron chi connectivity index (χ2n) is 4.26. The van der Waals surface area contributed by atoms with Crippen LogP contribution in [0.3, 0.4) is 0 Å². The van der Waals surface area contributed by atoms with Crippen molar-refractivity contribution in [1.29, 1.82) is 0 Å². The summed E-state index contributed by atoms with van der Waals surface area (Å²) in [6, 6.07) is 5.77. The molecule has 88 valence electrons. The van der Waals surface area contributed by atoms with Crippen molar-refractivity contribution in [1.82, 2.24) is 4.90 Å². The number of nitrogens with two attached hydrogens (primary N) is 1. The highest BCUT2D eigenvalue weighted by atomic mass is 16.2. The maximum Gasteiger partial charge on any atom is 0.255 e. The van der Waals surface area contributed by atoms with Gasteiger partial charge in [-0.05, 0) is 32.4 Å². The maximum atomic E-state index is 12.2. The van der Waals surface area contributed by atoms with Crippen molar-refractivity contribution in [3.05, 3.63) is 29.3 Å². The molecule has 0 aromatic heterocycles. The smallest absolute Gasteiger partial charge is 0.255 e. The van der Waals surface area contributed by atoms with E-state index in [1.165, 1.54) is 0 Å². The Labute approximate surface area is 97.2 Å². The summed E-state index contributed by atoms with van der Waals surface area (Å²) in [5, 5.41) is 0. The van der Waals surface area contributed by atoms with Crippen molar-refractivity contribution in [2.24, 2.45) is 0 Å². The molecule has 3 nitrogen and oxygen atoms in total. The number of benzene rings is 1. The van der Waals surface area contributed by atoms with E-state index in [-0.39, 0.29) is 11.9 Å².